The summed E-state index contributed by atoms with van der Waals surface area (Å²) in [5, 5.41) is 0. The number of carbonyl (C=O) groups excluding carboxylic acids is 2. The fourth-order valence-electron chi connectivity index (χ4n) is 3.42. The molecule has 2 amide bonds. The first-order chi connectivity index (χ1) is 9.72. The third kappa shape index (κ3) is 3.97. The highest BCUT2D eigenvalue weighted by molar-refractivity contribution is 5.97. The van der Waals surface area contributed by atoms with Gasteiger partial charge in [-0.3, -0.25) is 9.59 Å². The topological polar surface area (TPSA) is 40.6 Å². The average Bonchev–Trinajstić information content (AvgIpc) is 2.76. The van der Waals surface area contributed by atoms with Crippen molar-refractivity contribution in [2.75, 3.05) is 19.6 Å². The number of piperidine rings is 1. The van der Waals surface area contributed by atoms with Gasteiger partial charge in [0.1, 0.15) is 6.42 Å². The van der Waals surface area contributed by atoms with Crippen LogP contribution in [0.5, 0.6) is 0 Å². The Kier molecular flexibility index (Phi) is 5.86. The summed E-state index contributed by atoms with van der Waals surface area (Å²) in [4.78, 5) is 28.5. The van der Waals surface area contributed by atoms with Gasteiger partial charge in [-0.05, 0) is 38.5 Å². The zero-order valence-electron chi connectivity index (χ0n) is 12.8. The fraction of sp³-hybridized carbons (Fsp3) is 0.875. The number of amides is 2. The lowest BCUT2D eigenvalue weighted by Gasteiger charge is -2.35. The van der Waals surface area contributed by atoms with Crippen LogP contribution in [-0.4, -0.2) is 47.3 Å². The van der Waals surface area contributed by atoms with Crippen LogP contribution in [-0.2, 0) is 9.59 Å². The van der Waals surface area contributed by atoms with Gasteiger partial charge >= 0.3 is 0 Å². The quantitative estimate of drug-likeness (QED) is 0.746. The van der Waals surface area contributed by atoms with Crippen LogP contribution >= 0.6 is 0 Å². The van der Waals surface area contributed by atoms with Crippen molar-refractivity contribution in [3.8, 4) is 0 Å². The second-order valence-electron chi connectivity index (χ2n) is 6.12. The third-order valence-corrected chi connectivity index (χ3v) is 4.68. The number of nitrogens with zero attached hydrogens (tertiary/aromatic N) is 2. The van der Waals surface area contributed by atoms with Gasteiger partial charge in [0.25, 0.3) is 0 Å². The number of likely N-dealkylation sites (tertiary alicyclic amines) is 2. The predicted octanol–water partition coefficient (Wildman–Crippen LogP) is 2.57. The molecule has 4 heteroatoms. The molecule has 20 heavy (non-hydrogen) atoms. The highest BCUT2D eigenvalue weighted by atomic mass is 16.2. The molecule has 0 spiro atoms. The van der Waals surface area contributed by atoms with E-state index in [9.17, 15) is 9.59 Å². The maximum Gasteiger partial charge on any atom is 0.232 e. The monoisotopic (exact) mass is 280 g/mol. The summed E-state index contributed by atoms with van der Waals surface area (Å²) in [5.41, 5.74) is 0. The van der Waals surface area contributed by atoms with E-state index in [1.165, 1.54) is 19.3 Å². The Labute approximate surface area is 122 Å². The van der Waals surface area contributed by atoms with Crippen molar-refractivity contribution in [1.29, 1.82) is 0 Å². The van der Waals surface area contributed by atoms with Gasteiger partial charge in [-0.1, -0.05) is 19.8 Å². The van der Waals surface area contributed by atoms with Crippen LogP contribution in [0.3, 0.4) is 0 Å². The Balaban J connectivity index is 1.87. The first-order valence-corrected chi connectivity index (χ1v) is 8.29. The van der Waals surface area contributed by atoms with E-state index in [1.807, 2.05) is 9.80 Å². The molecular weight excluding hydrogens is 252 g/mol. The van der Waals surface area contributed by atoms with Crippen LogP contribution in [0.4, 0.5) is 0 Å². The predicted molar refractivity (Wildman–Crippen MR) is 79.3 cm³/mol. The zero-order valence-corrected chi connectivity index (χ0v) is 12.8. The maximum absolute atomic E-state index is 12.4. The van der Waals surface area contributed by atoms with E-state index in [2.05, 4.69) is 6.92 Å². The molecule has 0 aromatic heterocycles. The van der Waals surface area contributed by atoms with E-state index in [0.717, 1.165) is 51.7 Å². The normalized spacial score (nSPS) is 24.4. The largest absolute Gasteiger partial charge is 0.342 e. The van der Waals surface area contributed by atoms with Crippen LogP contribution < -0.4 is 0 Å². The Morgan fingerprint density at radius 3 is 2.20 bits per heavy atom. The highest BCUT2D eigenvalue weighted by Gasteiger charge is 2.28. The Bertz CT molecular complexity index is 335. The minimum absolute atomic E-state index is 0.0392. The number of hydrogen-bond donors (Lipinski definition) is 0. The Hall–Kier alpha value is -1.06. The third-order valence-electron chi connectivity index (χ3n) is 4.68. The molecule has 2 fully saturated rings. The molecule has 0 bridgehead atoms. The van der Waals surface area contributed by atoms with Crippen LogP contribution in [0.1, 0.15) is 64.7 Å². The van der Waals surface area contributed by atoms with Gasteiger partial charge in [0.05, 0.1) is 0 Å². The summed E-state index contributed by atoms with van der Waals surface area (Å²) in [7, 11) is 0. The van der Waals surface area contributed by atoms with Gasteiger partial charge in [0.2, 0.25) is 11.8 Å². The van der Waals surface area contributed by atoms with Crippen molar-refractivity contribution >= 4 is 11.8 Å². The molecule has 2 aliphatic heterocycles. The molecule has 0 N–H and O–H groups in total. The minimum Gasteiger partial charge on any atom is -0.342 e. The molecular formula is C16H28N2O2. The molecule has 1 unspecified atom stereocenters. The summed E-state index contributed by atoms with van der Waals surface area (Å²) in [5.74, 6) is 0.0862. The standard InChI is InChI=1S/C16H28N2O2/c1-2-14-9-5-8-12-18(14)16(20)13-15(19)17-10-6-3-4-7-11-17/h14H,2-13H2,1H3. The summed E-state index contributed by atoms with van der Waals surface area (Å²) in [6.07, 6.45) is 9.06. The highest BCUT2D eigenvalue weighted by Crippen LogP contribution is 2.20. The van der Waals surface area contributed by atoms with Gasteiger partial charge < -0.3 is 9.80 Å². The van der Waals surface area contributed by atoms with Crippen molar-refractivity contribution in [3.63, 3.8) is 0 Å². The molecule has 2 heterocycles. The van der Waals surface area contributed by atoms with Crippen molar-refractivity contribution in [1.82, 2.24) is 9.80 Å². The fourth-order valence-corrected chi connectivity index (χ4v) is 3.42. The SMILES string of the molecule is CCC1CCCCN1C(=O)CC(=O)N1CCCCCC1. The molecule has 0 aliphatic carbocycles. The smallest absolute Gasteiger partial charge is 0.232 e. The number of carbonyl (C=O) groups is 2. The number of rotatable bonds is 3. The van der Waals surface area contributed by atoms with E-state index in [-0.39, 0.29) is 18.2 Å². The lowest BCUT2D eigenvalue weighted by Crippen LogP contribution is -2.45. The first-order valence-electron chi connectivity index (χ1n) is 8.29. The number of hydrogen-bond acceptors (Lipinski definition) is 2. The zero-order chi connectivity index (χ0) is 14.4. The van der Waals surface area contributed by atoms with Crippen LogP contribution in [0.25, 0.3) is 0 Å². The summed E-state index contributed by atoms with van der Waals surface area (Å²) < 4.78 is 0. The lowest BCUT2D eigenvalue weighted by molar-refractivity contribution is -0.142. The van der Waals surface area contributed by atoms with Crippen molar-refractivity contribution < 1.29 is 9.59 Å². The average molecular weight is 280 g/mol. The Morgan fingerprint density at radius 1 is 0.900 bits per heavy atom. The first kappa shape index (κ1) is 15.3. The maximum atomic E-state index is 12.4. The van der Waals surface area contributed by atoms with Crippen LogP contribution in [0.15, 0.2) is 0 Å². The van der Waals surface area contributed by atoms with Gasteiger partial charge in [0, 0.05) is 25.7 Å². The lowest BCUT2D eigenvalue weighted by atomic mass is 9.99. The second-order valence-corrected chi connectivity index (χ2v) is 6.12. The molecule has 0 saturated carbocycles. The van der Waals surface area contributed by atoms with Gasteiger partial charge in [0.15, 0.2) is 0 Å². The molecule has 4 nitrogen and oxygen atoms in total. The van der Waals surface area contributed by atoms with Gasteiger partial charge in [-0.25, -0.2) is 0 Å². The summed E-state index contributed by atoms with van der Waals surface area (Å²) in [6.45, 7) is 4.64. The van der Waals surface area contributed by atoms with E-state index in [0.29, 0.717) is 6.04 Å². The van der Waals surface area contributed by atoms with Crippen molar-refractivity contribution in [2.45, 2.75) is 70.8 Å². The van der Waals surface area contributed by atoms with Gasteiger partial charge in [-0.2, -0.15) is 0 Å². The second kappa shape index (κ2) is 7.65. The Morgan fingerprint density at radius 2 is 1.55 bits per heavy atom. The van der Waals surface area contributed by atoms with Gasteiger partial charge in [-0.15, -0.1) is 0 Å². The van der Waals surface area contributed by atoms with Crippen LogP contribution in [0.2, 0.25) is 0 Å². The molecule has 0 aromatic rings. The molecule has 0 radical (unpaired) electrons. The molecule has 114 valence electrons. The van der Waals surface area contributed by atoms with E-state index in [1.54, 1.807) is 0 Å². The van der Waals surface area contributed by atoms with Crippen LogP contribution in [0, 0.1) is 0 Å². The van der Waals surface area contributed by atoms with Crippen molar-refractivity contribution in [2.24, 2.45) is 0 Å². The van der Waals surface area contributed by atoms with E-state index in [4.69, 9.17) is 0 Å². The molecule has 0 aromatic carbocycles. The van der Waals surface area contributed by atoms with E-state index >= 15 is 0 Å². The summed E-state index contributed by atoms with van der Waals surface area (Å²) >= 11 is 0. The van der Waals surface area contributed by atoms with Crippen molar-refractivity contribution in [3.05, 3.63) is 0 Å². The summed E-state index contributed by atoms with van der Waals surface area (Å²) in [6, 6.07) is 0.355. The molecule has 1 atom stereocenters. The molecule has 2 saturated heterocycles. The minimum atomic E-state index is 0.0392. The molecule has 2 aliphatic rings. The molecule has 2 rings (SSSR count). The van der Waals surface area contributed by atoms with E-state index < -0.39 is 0 Å².